The number of halogens is 1. The summed E-state index contributed by atoms with van der Waals surface area (Å²) < 4.78 is 24.2. The largest absolute Gasteiger partial charge is 0.478 e. The van der Waals surface area contributed by atoms with Gasteiger partial charge in [0.2, 0.25) is 11.5 Å². The summed E-state index contributed by atoms with van der Waals surface area (Å²) in [6.07, 6.45) is 1.04. The number of aliphatic carboxylic acids is 1. The lowest BCUT2D eigenvalue weighted by atomic mass is 9.90. The molecule has 1 N–H and O–H groups in total. The van der Waals surface area contributed by atoms with E-state index < -0.39 is 17.4 Å². The second kappa shape index (κ2) is 6.76. The summed E-state index contributed by atoms with van der Waals surface area (Å²) in [5.41, 5.74) is -1.43. The molecule has 0 bridgehead atoms. The number of amides is 1. The molecule has 3 rings (SSSR count). The monoisotopic (exact) mass is 337 g/mol. The van der Waals surface area contributed by atoms with Crippen LogP contribution in [0, 0.1) is 11.7 Å². The van der Waals surface area contributed by atoms with E-state index in [9.17, 15) is 19.1 Å². The molecule has 1 aromatic carbocycles. The van der Waals surface area contributed by atoms with E-state index >= 15 is 0 Å². The molecule has 6 nitrogen and oxygen atoms in total. The van der Waals surface area contributed by atoms with Crippen molar-refractivity contribution in [3.8, 4) is 5.75 Å². The molecular weight excluding hydrogens is 317 g/mol. The highest BCUT2D eigenvalue weighted by atomic mass is 19.1. The minimum atomic E-state index is -1.43. The number of carbonyl (C=O) groups is 2. The highest BCUT2D eigenvalue weighted by molar-refractivity contribution is 5.81. The number of ether oxygens (including phenoxy) is 2. The molecule has 2 aliphatic rings. The van der Waals surface area contributed by atoms with Crippen molar-refractivity contribution in [2.75, 3.05) is 26.3 Å². The molecule has 2 fully saturated rings. The van der Waals surface area contributed by atoms with E-state index in [4.69, 9.17) is 9.47 Å². The third-order valence-corrected chi connectivity index (χ3v) is 4.66. The zero-order valence-corrected chi connectivity index (χ0v) is 13.2. The normalized spacial score (nSPS) is 23.0. The summed E-state index contributed by atoms with van der Waals surface area (Å²) in [6.45, 7) is 1.62. The smallest absolute Gasteiger partial charge is 0.348 e. The van der Waals surface area contributed by atoms with Crippen molar-refractivity contribution < 1.29 is 28.6 Å². The lowest BCUT2D eigenvalue weighted by Crippen LogP contribution is -2.55. The van der Waals surface area contributed by atoms with Gasteiger partial charge in [-0.3, -0.25) is 4.79 Å². The van der Waals surface area contributed by atoms with Crippen LogP contribution in [0.25, 0.3) is 0 Å². The molecule has 0 saturated carbocycles. The Hall–Kier alpha value is -2.15. The quantitative estimate of drug-likeness (QED) is 0.905. The average Bonchev–Trinajstić information content (AvgIpc) is 3.09. The second-order valence-corrected chi connectivity index (χ2v) is 6.24. The molecule has 0 unspecified atom stereocenters. The average molecular weight is 337 g/mol. The summed E-state index contributed by atoms with van der Waals surface area (Å²) in [7, 11) is 0. The van der Waals surface area contributed by atoms with Crippen LogP contribution in [0.4, 0.5) is 4.39 Å². The van der Waals surface area contributed by atoms with Crippen molar-refractivity contribution in [3.63, 3.8) is 0 Å². The van der Waals surface area contributed by atoms with Gasteiger partial charge in [0.25, 0.3) is 0 Å². The van der Waals surface area contributed by atoms with Crippen LogP contribution < -0.4 is 4.74 Å². The molecule has 0 spiro atoms. The highest BCUT2D eigenvalue weighted by Gasteiger charge is 2.45. The van der Waals surface area contributed by atoms with Crippen LogP contribution in [0.1, 0.15) is 19.3 Å². The zero-order chi connectivity index (χ0) is 17.2. The van der Waals surface area contributed by atoms with Crippen LogP contribution in [0.2, 0.25) is 0 Å². The number of carbonyl (C=O) groups excluding carboxylic acids is 1. The van der Waals surface area contributed by atoms with E-state index in [1.165, 1.54) is 18.2 Å². The number of carboxylic acids is 1. The summed E-state index contributed by atoms with van der Waals surface area (Å²) in [6, 6.07) is 5.43. The van der Waals surface area contributed by atoms with Crippen LogP contribution in [0.15, 0.2) is 24.3 Å². The van der Waals surface area contributed by atoms with Gasteiger partial charge in [0.05, 0.1) is 12.5 Å². The molecule has 1 atom stereocenters. The third kappa shape index (κ3) is 3.36. The predicted molar refractivity (Wildman–Crippen MR) is 82.1 cm³/mol. The molecule has 0 aromatic heterocycles. The first kappa shape index (κ1) is 16.7. The van der Waals surface area contributed by atoms with E-state index in [0.717, 1.165) is 6.07 Å². The highest BCUT2D eigenvalue weighted by Crippen LogP contribution is 2.31. The summed E-state index contributed by atoms with van der Waals surface area (Å²) in [4.78, 5) is 25.8. The number of benzene rings is 1. The summed E-state index contributed by atoms with van der Waals surface area (Å²) >= 11 is 0. The zero-order valence-electron chi connectivity index (χ0n) is 13.2. The fourth-order valence-corrected chi connectivity index (χ4v) is 3.19. The fourth-order valence-electron chi connectivity index (χ4n) is 3.19. The maximum Gasteiger partial charge on any atom is 0.348 e. The molecular formula is C17H20FNO5. The van der Waals surface area contributed by atoms with E-state index in [0.29, 0.717) is 32.7 Å². The number of hydrogen-bond acceptors (Lipinski definition) is 4. The third-order valence-electron chi connectivity index (χ3n) is 4.66. The van der Waals surface area contributed by atoms with Crippen LogP contribution in [0.3, 0.4) is 0 Å². The van der Waals surface area contributed by atoms with Crippen LogP contribution >= 0.6 is 0 Å². The van der Waals surface area contributed by atoms with Gasteiger partial charge >= 0.3 is 5.97 Å². The molecule has 24 heavy (non-hydrogen) atoms. The summed E-state index contributed by atoms with van der Waals surface area (Å²) in [5, 5.41) is 9.61. The van der Waals surface area contributed by atoms with Crippen molar-refractivity contribution in [1.82, 2.24) is 4.90 Å². The number of piperidine rings is 1. The molecule has 130 valence electrons. The van der Waals surface area contributed by atoms with E-state index in [-0.39, 0.29) is 30.4 Å². The second-order valence-electron chi connectivity index (χ2n) is 6.24. The Kier molecular flexibility index (Phi) is 4.71. The maximum atomic E-state index is 13.3. The minimum absolute atomic E-state index is 0.0113. The molecule has 1 aromatic rings. The standard InChI is InChI=1S/C17H20FNO5/c18-13-2-1-3-14(10-13)24-17(16(21)22)5-7-19(8-6-17)15(20)12-4-9-23-11-12/h1-3,10,12H,4-9,11H2,(H,21,22)/t12-/m1/s1. The van der Waals surface area contributed by atoms with Crippen LogP contribution in [-0.2, 0) is 14.3 Å². The number of nitrogens with zero attached hydrogens (tertiary/aromatic N) is 1. The van der Waals surface area contributed by atoms with Gasteiger partial charge in [-0.15, -0.1) is 0 Å². The van der Waals surface area contributed by atoms with E-state index in [1.54, 1.807) is 4.90 Å². The van der Waals surface area contributed by atoms with Gasteiger partial charge in [0.15, 0.2) is 0 Å². The van der Waals surface area contributed by atoms with Crippen molar-refractivity contribution >= 4 is 11.9 Å². The molecule has 2 saturated heterocycles. The van der Waals surface area contributed by atoms with Crippen LogP contribution in [-0.4, -0.2) is 53.8 Å². The summed E-state index contributed by atoms with van der Waals surface area (Å²) in [5.74, 6) is -1.52. The Labute approximate surface area is 139 Å². The lowest BCUT2D eigenvalue weighted by Gasteiger charge is -2.39. The van der Waals surface area contributed by atoms with Gasteiger partial charge in [-0.05, 0) is 18.6 Å². The van der Waals surface area contributed by atoms with Gasteiger partial charge in [-0.1, -0.05) is 6.07 Å². The van der Waals surface area contributed by atoms with E-state index in [1.807, 2.05) is 0 Å². The molecule has 2 aliphatic heterocycles. The minimum Gasteiger partial charge on any atom is -0.478 e. The Morgan fingerprint density at radius 3 is 2.67 bits per heavy atom. The Balaban J connectivity index is 1.68. The van der Waals surface area contributed by atoms with Crippen LogP contribution in [0.5, 0.6) is 5.75 Å². The number of carboxylic acid groups (broad SMARTS) is 1. The van der Waals surface area contributed by atoms with Crippen molar-refractivity contribution in [2.24, 2.45) is 5.92 Å². The molecule has 2 heterocycles. The Bertz CT molecular complexity index is 621. The Morgan fingerprint density at radius 2 is 2.08 bits per heavy atom. The maximum absolute atomic E-state index is 13.3. The Morgan fingerprint density at radius 1 is 1.33 bits per heavy atom. The fraction of sp³-hybridized carbons (Fsp3) is 0.529. The first-order valence-electron chi connectivity index (χ1n) is 8.05. The molecule has 1 amide bonds. The van der Waals surface area contributed by atoms with Crippen molar-refractivity contribution in [2.45, 2.75) is 24.9 Å². The van der Waals surface area contributed by atoms with Gasteiger partial charge in [0.1, 0.15) is 11.6 Å². The lowest BCUT2D eigenvalue weighted by molar-refractivity contribution is -0.162. The van der Waals surface area contributed by atoms with Gasteiger partial charge < -0.3 is 19.5 Å². The van der Waals surface area contributed by atoms with Crippen molar-refractivity contribution in [3.05, 3.63) is 30.1 Å². The number of rotatable bonds is 4. The van der Waals surface area contributed by atoms with Gasteiger partial charge in [0, 0.05) is 38.6 Å². The first-order chi connectivity index (χ1) is 11.5. The molecule has 7 heteroatoms. The van der Waals surface area contributed by atoms with E-state index in [2.05, 4.69) is 0 Å². The topological polar surface area (TPSA) is 76.1 Å². The van der Waals surface area contributed by atoms with Crippen molar-refractivity contribution in [1.29, 1.82) is 0 Å². The molecule has 0 radical (unpaired) electrons. The first-order valence-corrected chi connectivity index (χ1v) is 8.05. The number of hydrogen-bond donors (Lipinski definition) is 1. The molecule has 0 aliphatic carbocycles. The van der Waals surface area contributed by atoms with Gasteiger partial charge in [-0.2, -0.15) is 0 Å². The number of likely N-dealkylation sites (tertiary alicyclic amines) is 1. The van der Waals surface area contributed by atoms with Gasteiger partial charge in [-0.25, -0.2) is 9.18 Å². The predicted octanol–water partition coefficient (Wildman–Crippen LogP) is 1.69. The SMILES string of the molecule is O=C([C@@H]1CCOC1)N1CCC(Oc2cccc(F)c2)(C(=O)O)CC1.